The van der Waals surface area contributed by atoms with Gasteiger partial charge in [-0.3, -0.25) is 4.90 Å². The third-order valence-corrected chi connectivity index (χ3v) is 4.04. The Morgan fingerprint density at radius 2 is 2.18 bits per heavy atom. The predicted molar refractivity (Wildman–Crippen MR) is 67.5 cm³/mol. The highest BCUT2D eigenvalue weighted by Gasteiger charge is 2.31. The first kappa shape index (κ1) is 11.4. The number of hydrogen-bond donors (Lipinski definition) is 0. The molecule has 0 saturated carbocycles. The molecule has 0 bridgehead atoms. The van der Waals surface area contributed by atoms with Gasteiger partial charge in [0.1, 0.15) is 6.26 Å². The van der Waals surface area contributed by atoms with Crippen LogP contribution in [-0.2, 0) is 5.88 Å². The van der Waals surface area contributed by atoms with Crippen LogP contribution in [0.2, 0.25) is 0 Å². The first-order valence-electron chi connectivity index (χ1n) is 6.36. The van der Waals surface area contributed by atoms with Gasteiger partial charge in [0.15, 0.2) is 0 Å². The molecule has 1 aromatic rings. The van der Waals surface area contributed by atoms with Gasteiger partial charge in [0.25, 0.3) is 6.01 Å². The first-order valence-corrected chi connectivity index (χ1v) is 6.89. The second-order valence-electron chi connectivity index (χ2n) is 4.89. The maximum Gasteiger partial charge on any atom is 0.297 e. The van der Waals surface area contributed by atoms with Crippen LogP contribution in [-0.4, -0.2) is 42.1 Å². The topological polar surface area (TPSA) is 32.5 Å². The third kappa shape index (κ3) is 2.29. The van der Waals surface area contributed by atoms with E-state index < -0.39 is 0 Å². The quantitative estimate of drug-likeness (QED) is 0.775. The number of oxazole rings is 1. The molecule has 3 heterocycles. The van der Waals surface area contributed by atoms with Crippen LogP contribution >= 0.6 is 11.6 Å². The van der Waals surface area contributed by atoms with E-state index in [9.17, 15) is 0 Å². The van der Waals surface area contributed by atoms with E-state index >= 15 is 0 Å². The summed E-state index contributed by atoms with van der Waals surface area (Å²) in [7, 11) is 0. The fourth-order valence-corrected chi connectivity index (χ4v) is 2.95. The zero-order chi connectivity index (χ0) is 11.7. The number of likely N-dealkylation sites (tertiary alicyclic amines) is 1. The molecule has 0 N–H and O–H groups in total. The molecule has 0 radical (unpaired) electrons. The maximum absolute atomic E-state index is 5.73. The van der Waals surface area contributed by atoms with Crippen molar-refractivity contribution in [2.24, 2.45) is 0 Å². The fraction of sp³-hybridized carbons (Fsp3) is 0.750. The van der Waals surface area contributed by atoms with Crippen molar-refractivity contribution < 1.29 is 4.42 Å². The van der Waals surface area contributed by atoms with Crippen LogP contribution in [0.4, 0.5) is 6.01 Å². The Labute approximate surface area is 107 Å². The van der Waals surface area contributed by atoms with E-state index in [0.717, 1.165) is 24.8 Å². The van der Waals surface area contributed by atoms with Crippen molar-refractivity contribution in [3.63, 3.8) is 0 Å². The summed E-state index contributed by atoms with van der Waals surface area (Å²) in [5, 5.41) is 0. The third-order valence-electron chi connectivity index (χ3n) is 3.77. The summed E-state index contributed by atoms with van der Waals surface area (Å²) < 4.78 is 5.46. The number of halogens is 1. The molecular formula is C12H18ClN3O. The molecule has 2 saturated heterocycles. The van der Waals surface area contributed by atoms with E-state index in [1.807, 2.05) is 0 Å². The molecule has 0 spiro atoms. The van der Waals surface area contributed by atoms with E-state index in [1.165, 1.54) is 32.4 Å². The van der Waals surface area contributed by atoms with Crippen LogP contribution in [0, 0.1) is 0 Å². The van der Waals surface area contributed by atoms with Crippen molar-refractivity contribution >= 4 is 17.6 Å². The second-order valence-corrected chi connectivity index (χ2v) is 5.15. The van der Waals surface area contributed by atoms with Crippen molar-refractivity contribution in [3.05, 3.63) is 12.0 Å². The van der Waals surface area contributed by atoms with Gasteiger partial charge in [0.05, 0.1) is 11.6 Å². The Morgan fingerprint density at radius 1 is 1.35 bits per heavy atom. The van der Waals surface area contributed by atoms with Crippen LogP contribution in [0.15, 0.2) is 10.7 Å². The molecule has 1 atom stereocenters. The molecule has 0 amide bonds. The Bertz CT molecular complexity index is 376. The molecule has 17 heavy (non-hydrogen) atoms. The van der Waals surface area contributed by atoms with Crippen LogP contribution in [0.3, 0.4) is 0 Å². The van der Waals surface area contributed by atoms with Crippen LogP contribution < -0.4 is 4.90 Å². The molecule has 2 aliphatic rings. The summed E-state index contributed by atoms with van der Waals surface area (Å²) in [6.45, 7) is 4.61. The Balaban J connectivity index is 1.62. The van der Waals surface area contributed by atoms with E-state index in [0.29, 0.717) is 11.9 Å². The molecule has 2 aliphatic heterocycles. The van der Waals surface area contributed by atoms with Gasteiger partial charge in [-0.1, -0.05) is 0 Å². The summed E-state index contributed by atoms with van der Waals surface area (Å²) in [4.78, 5) is 9.22. The number of rotatable bonds is 3. The van der Waals surface area contributed by atoms with Gasteiger partial charge < -0.3 is 9.32 Å². The number of hydrogen-bond acceptors (Lipinski definition) is 4. The normalized spacial score (nSPS) is 25.9. The molecule has 0 aliphatic carbocycles. The summed E-state index contributed by atoms with van der Waals surface area (Å²) in [6.07, 6.45) is 5.59. The zero-order valence-corrected chi connectivity index (χ0v) is 10.7. The van der Waals surface area contributed by atoms with Gasteiger partial charge in [0, 0.05) is 19.1 Å². The lowest BCUT2D eigenvalue weighted by Crippen LogP contribution is -2.35. The first-order chi connectivity index (χ1) is 8.36. The van der Waals surface area contributed by atoms with Gasteiger partial charge in [0.2, 0.25) is 0 Å². The maximum atomic E-state index is 5.73. The van der Waals surface area contributed by atoms with Crippen LogP contribution in [0.25, 0.3) is 0 Å². The molecule has 2 fully saturated rings. The molecule has 94 valence electrons. The standard InChI is InChI=1S/C12H18ClN3O/c13-7-10-9-17-12(14-10)16-6-3-11(8-16)15-4-1-2-5-15/h9,11H,1-8H2. The van der Waals surface area contributed by atoms with Crippen molar-refractivity contribution in [3.8, 4) is 0 Å². The minimum atomic E-state index is 0.424. The molecule has 4 nitrogen and oxygen atoms in total. The highest BCUT2D eigenvalue weighted by molar-refractivity contribution is 6.16. The minimum absolute atomic E-state index is 0.424. The molecule has 0 aromatic carbocycles. The van der Waals surface area contributed by atoms with E-state index in [4.69, 9.17) is 16.0 Å². The van der Waals surface area contributed by atoms with Gasteiger partial charge in [-0.2, -0.15) is 4.98 Å². The van der Waals surface area contributed by atoms with E-state index in [-0.39, 0.29) is 0 Å². The van der Waals surface area contributed by atoms with Crippen molar-refractivity contribution in [2.45, 2.75) is 31.2 Å². The lowest BCUT2D eigenvalue weighted by Gasteiger charge is -2.22. The summed E-state index contributed by atoms with van der Waals surface area (Å²) in [6, 6.07) is 1.42. The highest BCUT2D eigenvalue weighted by atomic mass is 35.5. The molecule has 1 unspecified atom stereocenters. The largest absolute Gasteiger partial charge is 0.432 e. The molecule has 1 aromatic heterocycles. The Hall–Kier alpha value is -0.740. The molecule has 3 rings (SSSR count). The number of anilines is 1. The van der Waals surface area contributed by atoms with Crippen molar-refractivity contribution in [1.29, 1.82) is 0 Å². The predicted octanol–water partition coefficient (Wildman–Crippen LogP) is 2.09. The smallest absolute Gasteiger partial charge is 0.297 e. The van der Waals surface area contributed by atoms with Crippen molar-refractivity contribution in [2.75, 3.05) is 31.1 Å². The van der Waals surface area contributed by atoms with Gasteiger partial charge in [-0.25, -0.2) is 0 Å². The number of aromatic nitrogens is 1. The lowest BCUT2D eigenvalue weighted by atomic mass is 10.2. The summed E-state index contributed by atoms with van der Waals surface area (Å²) in [5.41, 5.74) is 0.825. The second kappa shape index (κ2) is 4.86. The van der Waals surface area contributed by atoms with E-state index in [1.54, 1.807) is 6.26 Å². The van der Waals surface area contributed by atoms with Crippen LogP contribution in [0.5, 0.6) is 0 Å². The average molecular weight is 256 g/mol. The number of alkyl halides is 1. The zero-order valence-electron chi connectivity index (χ0n) is 9.94. The molecule has 5 heteroatoms. The van der Waals surface area contributed by atoms with Gasteiger partial charge >= 0.3 is 0 Å². The summed E-state index contributed by atoms with van der Waals surface area (Å²) >= 11 is 5.73. The highest BCUT2D eigenvalue weighted by Crippen LogP contribution is 2.25. The fourth-order valence-electron chi connectivity index (χ4n) is 2.82. The lowest BCUT2D eigenvalue weighted by molar-refractivity contribution is 0.260. The van der Waals surface area contributed by atoms with Gasteiger partial charge in [-0.05, 0) is 32.4 Å². The molecular weight excluding hydrogens is 238 g/mol. The minimum Gasteiger partial charge on any atom is -0.432 e. The average Bonchev–Trinajstić information content (AvgIpc) is 3.09. The Kier molecular flexibility index (Phi) is 3.25. The monoisotopic (exact) mass is 255 g/mol. The number of nitrogens with zero attached hydrogens (tertiary/aromatic N) is 3. The van der Waals surface area contributed by atoms with Crippen molar-refractivity contribution in [1.82, 2.24) is 9.88 Å². The van der Waals surface area contributed by atoms with E-state index in [2.05, 4.69) is 14.8 Å². The Morgan fingerprint density at radius 3 is 2.88 bits per heavy atom. The summed E-state index contributed by atoms with van der Waals surface area (Å²) in [5.74, 6) is 0.424. The van der Waals surface area contributed by atoms with Crippen LogP contribution in [0.1, 0.15) is 25.0 Å². The van der Waals surface area contributed by atoms with Gasteiger partial charge in [-0.15, -0.1) is 11.6 Å². The SMILES string of the molecule is ClCc1coc(N2CCC(N3CCCC3)C2)n1.